The number of carbonyl (C=O) groups excluding carboxylic acids is 1. The number of carbonyl (C=O) groups is 1. The Morgan fingerprint density at radius 1 is 1.05 bits per heavy atom. The van der Waals surface area contributed by atoms with E-state index in [1.54, 1.807) is 0 Å². The van der Waals surface area contributed by atoms with Gasteiger partial charge in [0.05, 0.1) is 12.2 Å². The molecule has 104 valence electrons. The van der Waals surface area contributed by atoms with Gasteiger partial charge in [-0.2, -0.15) is 0 Å². The molecule has 20 heavy (non-hydrogen) atoms. The number of benzene rings is 2. The summed E-state index contributed by atoms with van der Waals surface area (Å²) in [5.41, 5.74) is 4.07. The Hall–Kier alpha value is -1.81. The third-order valence-corrected chi connectivity index (χ3v) is 3.56. The fraction of sp³-hybridized carbons (Fsp3) is 0.188. The third kappa shape index (κ3) is 4.10. The molecule has 2 aromatic rings. The molecule has 0 fully saturated rings. The van der Waals surface area contributed by atoms with Crippen LogP contribution >= 0.6 is 15.9 Å². The number of halogens is 1. The summed E-state index contributed by atoms with van der Waals surface area (Å²) < 4.78 is 0.890. The molecule has 2 N–H and O–H groups in total. The highest BCUT2D eigenvalue weighted by atomic mass is 79.9. The van der Waals surface area contributed by atoms with Gasteiger partial charge >= 0.3 is 0 Å². The number of aryl methyl sites for hydroxylation is 2. The maximum atomic E-state index is 11.9. The van der Waals surface area contributed by atoms with Crippen LogP contribution in [0.4, 0.5) is 11.4 Å². The van der Waals surface area contributed by atoms with Crippen LogP contribution < -0.4 is 10.6 Å². The van der Waals surface area contributed by atoms with Crippen molar-refractivity contribution in [2.24, 2.45) is 0 Å². The molecule has 0 heterocycles. The Labute approximate surface area is 127 Å². The van der Waals surface area contributed by atoms with Gasteiger partial charge in [0.1, 0.15) is 0 Å². The normalized spacial score (nSPS) is 10.2. The molecule has 2 aromatic carbocycles. The van der Waals surface area contributed by atoms with Crippen molar-refractivity contribution in [2.45, 2.75) is 13.8 Å². The highest BCUT2D eigenvalue weighted by Crippen LogP contribution is 2.23. The Morgan fingerprint density at radius 2 is 1.70 bits per heavy atom. The van der Waals surface area contributed by atoms with Gasteiger partial charge in [-0.1, -0.05) is 23.8 Å². The number of anilines is 2. The molecule has 1 amide bonds. The summed E-state index contributed by atoms with van der Waals surface area (Å²) in [5.74, 6) is -0.0740. The smallest absolute Gasteiger partial charge is 0.243 e. The number of hydrogen-bond acceptors (Lipinski definition) is 2. The maximum Gasteiger partial charge on any atom is 0.243 e. The van der Waals surface area contributed by atoms with Gasteiger partial charge in [-0.3, -0.25) is 4.79 Å². The van der Waals surface area contributed by atoms with Crippen molar-refractivity contribution in [2.75, 3.05) is 17.2 Å². The number of nitrogens with one attached hydrogen (secondary N) is 2. The number of hydrogen-bond donors (Lipinski definition) is 2. The van der Waals surface area contributed by atoms with Gasteiger partial charge in [0.25, 0.3) is 0 Å². The van der Waals surface area contributed by atoms with Gasteiger partial charge in [0.15, 0.2) is 0 Å². The lowest BCUT2D eigenvalue weighted by Gasteiger charge is -2.10. The molecule has 0 unspecified atom stereocenters. The Bertz CT molecular complexity index is 608. The predicted octanol–water partition coefficient (Wildman–Crippen LogP) is 4.12. The van der Waals surface area contributed by atoms with E-state index in [0.717, 1.165) is 21.4 Å². The molecule has 0 bridgehead atoms. The molecule has 0 spiro atoms. The van der Waals surface area contributed by atoms with Gasteiger partial charge < -0.3 is 10.6 Å². The first-order valence-corrected chi connectivity index (χ1v) is 7.20. The molecular weight excluding hydrogens is 316 g/mol. The summed E-state index contributed by atoms with van der Waals surface area (Å²) in [6.07, 6.45) is 0. The van der Waals surface area contributed by atoms with Gasteiger partial charge in [0.2, 0.25) is 5.91 Å². The first-order chi connectivity index (χ1) is 9.54. The molecule has 0 radical (unpaired) electrons. The SMILES string of the molecule is Cc1ccc(NCC(=O)Nc2ccc(C)cc2Br)cc1. The first-order valence-electron chi connectivity index (χ1n) is 6.41. The van der Waals surface area contributed by atoms with Crippen LogP contribution in [0.15, 0.2) is 46.9 Å². The molecule has 0 aromatic heterocycles. The zero-order valence-electron chi connectivity index (χ0n) is 11.5. The second-order valence-electron chi connectivity index (χ2n) is 4.75. The number of rotatable bonds is 4. The van der Waals surface area contributed by atoms with E-state index in [4.69, 9.17) is 0 Å². The van der Waals surface area contributed by atoms with E-state index in [1.807, 2.05) is 56.3 Å². The van der Waals surface area contributed by atoms with Crippen LogP contribution in [0.5, 0.6) is 0 Å². The van der Waals surface area contributed by atoms with E-state index in [1.165, 1.54) is 5.56 Å². The lowest BCUT2D eigenvalue weighted by atomic mass is 10.2. The summed E-state index contributed by atoms with van der Waals surface area (Å²) in [6.45, 7) is 4.28. The second kappa shape index (κ2) is 6.57. The van der Waals surface area contributed by atoms with Crippen LogP contribution in [0.1, 0.15) is 11.1 Å². The Morgan fingerprint density at radius 3 is 2.35 bits per heavy atom. The summed E-state index contributed by atoms with van der Waals surface area (Å²) in [6, 6.07) is 13.8. The highest BCUT2D eigenvalue weighted by molar-refractivity contribution is 9.10. The second-order valence-corrected chi connectivity index (χ2v) is 5.61. The van der Waals surface area contributed by atoms with Crippen molar-refractivity contribution in [1.29, 1.82) is 0 Å². The molecule has 0 saturated heterocycles. The monoisotopic (exact) mass is 332 g/mol. The summed E-state index contributed by atoms with van der Waals surface area (Å²) in [7, 11) is 0. The fourth-order valence-corrected chi connectivity index (χ4v) is 2.36. The van der Waals surface area contributed by atoms with Crippen molar-refractivity contribution < 1.29 is 4.79 Å². The van der Waals surface area contributed by atoms with E-state index < -0.39 is 0 Å². The third-order valence-electron chi connectivity index (χ3n) is 2.90. The van der Waals surface area contributed by atoms with Gasteiger partial charge in [-0.25, -0.2) is 0 Å². The van der Waals surface area contributed by atoms with E-state index in [0.29, 0.717) is 0 Å². The van der Waals surface area contributed by atoms with Crippen molar-refractivity contribution in [3.8, 4) is 0 Å². The Kier molecular flexibility index (Phi) is 4.79. The van der Waals surface area contributed by atoms with Crippen LogP contribution in [0.3, 0.4) is 0 Å². The van der Waals surface area contributed by atoms with Gasteiger partial charge in [0, 0.05) is 10.2 Å². The minimum Gasteiger partial charge on any atom is -0.376 e. The van der Waals surface area contributed by atoms with Crippen molar-refractivity contribution in [3.05, 3.63) is 58.1 Å². The predicted molar refractivity (Wildman–Crippen MR) is 87.2 cm³/mol. The number of amides is 1. The average Bonchev–Trinajstić information content (AvgIpc) is 2.41. The summed E-state index contributed by atoms with van der Waals surface area (Å²) >= 11 is 3.44. The summed E-state index contributed by atoms with van der Waals surface area (Å²) in [5, 5.41) is 5.97. The van der Waals surface area contributed by atoms with Crippen LogP contribution in [0.2, 0.25) is 0 Å². The van der Waals surface area contributed by atoms with Crippen LogP contribution in [-0.4, -0.2) is 12.5 Å². The van der Waals surface area contributed by atoms with Gasteiger partial charge in [-0.05, 0) is 59.6 Å². The van der Waals surface area contributed by atoms with Crippen molar-refractivity contribution >= 4 is 33.2 Å². The quantitative estimate of drug-likeness (QED) is 0.884. The molecule has 0 saturated carbocycles. The zero-order valence-corrected chi connectivity index (χ0v) is 13.1. The van der Waals surface area contributed by atoms with E-state index in [2.05, 4.69) is 26.6 Å². The molecule has 0 atom stereocenters. The molecule has 2 rings (SSSR count). The molecule has 3 nitrogen and oxygen atoms in total. The largest absolute Gasteiger partial charge is 0.376 e. The van der Waals surface area contributed by atoms with Crippen LogP contribution in [0.25, 0.3) is 0 Å². The molecule has 0 aliphatic rings. The van der Waals surface area contributed by atoms with E-state index in [9.17, 15) is 4.79 Å². The lowest BCUT2D eigenvalue weighted by Crippen LogP contribution is -2.21. The fourth-order valence-electron chi connectivity index (χ4n) is 1.77. The molecule has 4 heteroatoms. The minimum atomic E-state index is -0.0740. The molecule has 0 aliphatic heterocycles. The molecule has 0 aliphatic carbocycles. The Balaban J connectivity index is 1.90. The first kappa shape index (κ1) is 14.6. The van der Waals surface area contributed by atoms with Crippen molar-refractivity contribution in [1.82, 2.24) is 0 Å². The minimum absolute atomic E-state index is 0.0740. The highest BCUT2D eigenvalue weighted by Gasteiger charge is 2.05. The standard InChI is InChI=1S/C16H17BrN2O/c1-11-3-6-13(7-4-11)18-10-16(20)19-15-8-5-12(2)9-14(15)17/h3-9,18H,10H2,1-2H3,(H,19,20). The van der Waals surface area contributed by atoms with Crippen LogP contribution in [-0.2, 0) is 4.79 Å². The van der Waals surface area contributed by atoms with E-state index >= 15 is 0 Å². The van der Waals surface area contributed by atoms with Crippen molar-refractivity contribution in [3.63, 3.8) is 0 Å². The van der Waals surface area contributed by atoms with E-state index in [-0.39, 0.29) is 12.5 Å². The molecular formula is C16H17BrN2O. The zero-order chi connectivity index (χ0) is 14.5. The summed E-state index contributed by atoms with van der Waals surface area (Å²) in [4.78, 5) is 11.9. The maximum absolute atomic E-state index is 11.9. The lowest BCUT2D eigenvalue weighted by molar-refractivity contribution is -0.114. The van der Waals surface area contributed by atoms with Crippen LogP contribution in [0, 0.1) is 13.8 Å². The average molecular weight is 333 g/mol. The van der Waals surface area contributed by atoms with Gasteiger partial charge in [-0.15, -0.1) is 0 Å². The topological polar surface area (TPSA) is 41.1 Å².